The van der Waals surface area contributed by atoms with Gasteiger partial charge in [-0.2, -0.15) is 9.67 Å². The number of hydrogen-bond donors (Lipinski definition) is 1. The zero-order chi connectivity index (χ0) is 21.1. The van der Waals surface area contributed by atoms with Crippen LogP contribution in [0, 0.1) is 18.6 Å². The number of nitrogens with zero attached hydrogens (tertiary/aromatic N) is 3. The number of carbonyl (C=O) groups excluding carboxylic acids is 1. The molecule has 0 amide bonds. The first-order valence-electron chi connectivity index (χ1n) is 9.32. The van der Waals surface area contributed by atoms with Gasteiger partial charge in [-0.25, -0.2) is 8.78 Å². The maximum Gasteiger partial charge on any atom is 0.281 e. The van der Waals surface area contributed by atoms with E-state index in [1.807, 2.05) is 31.2 Å². The lowest BCUT2D eigenvalue weighted by Gasteiger charge is -2.07. The molecule has 150 valence electrons. The minimum Gasteiger partial charge on any atom is -0.350 e. The maximum absolute atomic E-state index is 13.2. The number of benzene rings is 3. The molecule has 0 fully saturated rings. The predicted molar refractivity (Wildman–Crippen MR) is 110 cm³/mol. The van der Waals surface area contributed by atoms with Crippen LogP contribution in [0.3, 0.4) is 0 Å². The van der Waals surface area contributed by atoms with Crippen LogP contribution in [0.5, 0.6) is 0 Å². The molecule has 7 heteroatoms. The van der Waals surface area contributed by atoms with Crippen molar-refractivity contribution in [3.05, 3.63) is 101 Å². The van der Waals surface area contributed by atoms with Crippen molar-refractivity contribution in [2.45, 2.75) is 13.5 Å². The number of aromatic nitrogens is 3. The summed E-state index contributed by atoms with van der Waals surface area (Å²) in [6, 6.07) is 18.9. The minimum atomic E-state index is -0.442. The Labute approximate surface area is 172 Å². The molecule has 1 N–H and O–H groups in total. The van der Waals surface area contributed by atoms with E-state index in [1.165, 1.54) is 36.4 Å². The van der Waals surface area contributed by atoms with Crippen LogP contribution in [0.25, 0.3) is 11.4 Å². The van der Waals surface area contributed by atoms with Gasteiger partial charge in [-0.15, -0.1) is 5.10 Å². The summed E-state index contributed by atoms with van der Waals surface area (Å²) in [5.74, 6) is -0.575. The molecule has 0 aliphatic carbocycles. The van der Waals surface area contributed by atoms with Gasteiger partial charge in [-0.3, -0.25) is 4.79 Å². The van der Waals surface area contributed by atoms with Gasteiger partial charge in [0.25, 0.3) is 5.91 Å². The maximum atomic E-state index is 13.2. The number of anilines is 1. The zero-order valence-corrected chi connectivity index (χ0v) is 16.1. The lowest BCUT2D eigenvalue weighted by Crippen LogP contribution is -2.17. The monoisotopic (exact) mass is 404 g/mol. The first-order chi connectivity index (χ1) is 14.5. The molecule has 0 radical (unpaired) electrons. The molecule has 0 saturated heterocycles. The van der Waals surface area contributed by atoms with Gasteiger partial charge in [0, 0.05) is 17.7 Å². The average molecular weight is 404 g/mol. The van der Waals surface area contributed by atoms with E-state index < -0.39 is 11.7 Å². The molecular weight excluding hydrogens is 386 g/mol. The highest BCUT2D eigenvalue weighted by Gasteiger charge is 2.19. The van der Waals surface area contributed by atoms with E-state index in [0.717, 1.165) is 21.4 Å². The van der Waals surface area contributed by atoms with Gasteiger partial charge >= 0.3 is 0 Å². The normalized spacial score (nSPS) is 10.8. The average Bonchev–Trinajstić information content (AvgIpc) is 3.18. The molecule has 0 saturated carbocycles. The van der Waals surface area contributed by atoms with E-state index in [1.54, 1.807) is 12.1 Å². The number of hydrogen-bond acceptors (Lipinski definition) is 4. The number of carbonyl (C=O) groups is 1. The standard InChI is InChI=1S/C23H18F2N4O/c1-15-2-6-17(7-3-15)21-27-23(26-14-16-4-10-19(24)11-5-16)29(28-21)22(30)18-8-12-20(25)13-9-18/h2-13H,14H2,1H3,(H,26,27,28). The summed E-state index contributed by atoms with van der Waals surface area (Å²) in [6.07, 6.45) is 0. The van der Waals surface area contributed by atoms with E-state index in [0.29, 0.717) is 12.4 Å². The van der Waals surface area contributed by atoms with Crippen molar-refractivity contribution in [1.82, 2.24) is 14.8 Å². The Bertz CT molecular complexity index is 1170. The van der Waals surface area contributed by atoms with E-state index >= 15 is 0 Å². The van der Waals surface area contributed by atoms with Crippen molar-refractivity contribution < 1.29 is 13.6 Å². The Kier molecular flexibility index (Phi) is 5.34. The molecule has 0 atom stereocenters. The first-order valence-corrected chi connectivity index (χ1v) is 9.32. The van der Waals surface area contributed by atoms with Crippen molar-refractivity contribution in [2.24, 2.45) is 0 Å². The van der Waals surface area contributed by atoms with Gasteiger partial charge < -0.3 is 5.32 Å². The minimum absolute atomic E-state index is 0.240. The molecule has 3 aromatic carbocycles. The number of halogens is 2. The van der Waals surface area contributed by atoms with Crippen LogP contribution in [0.15, 0.2) is 72.8 Å². The second-order valence-corrected chi connectivity index (χ2v) is 6.83. The summed E-state index contributed by atoms with van der Waals surface area (Å²) in [4.78, 5) is 17.5. The van der Waals surface area contributed by atoms with Crippen molar-refractivity contribution in [2.75, 3.05) is 5.32 Å². The molecule has 4 aromatic rings. The highest BCUT2D eigenvalue weighted by Crippen LogP contribution is 2.20. The van der Waals surface area contributed by atoms with Crippen LogP contribution in [0.1, 0.15) is 21.5 Å². The Morgan fingerprint density at radius 1 is 0.900 bits per heavy atom. The molecule has 30 heavy (non-hydrogen) atoms. The molecule has 0 unspecified atom stereocenters. The second kappa shape index (κ2) is 8.24. The third-order valence-corrected chi connectivity index (χ3v) is 4.56. The lowest BCUT2D eigenvalue weighted by molar-refractivity contribution is 0.0947. The van der Waals surface area contributed by atoms with Gasteiger partial charge in [-0.05, 0) is 48.9 Å². The van der Waals surface area contributed by atoms with Gasteiger partial charge in [0.15, 0.2) is 5.82 Å². The van der Waals surface area contributed by atoms with Crippen molar-refractivity contribution >= 4 is 11.9 Å². The zero-order valence-electron chi connectivity index (χ0n) is 16.1. The Balaban J connectivity index is 1.68. The van der Waals surface area contributed by atoms with E-state index in [9.17, 15) is 13.6 Å². The summed E-state index contributed by atoms with van der Waals surface area (Å²) < 4.78 is 27.5. The van der Waals surface area contributed by atoms with Crippen LogP contribution < -0.4 is 5.32 Å². The third-order valence-electron chi connectivity index (χ3n) is 4.56. The van der Waals surface area contributed by atoms with E-state index in [2.05, 4.69) is 15.4 Å². The molecule has 0 aliphatic rings. The molecule has 5 nitrogen and oxygen atoms in total. The molecule has 0 spiro atoms. The van der Waals surface area contributed by atoms with E-state index in [-0.39, 0.29) is 17.3 Å². The molecule has 1 heterocycles. The summed E-state index contributed by atoms with van der Waals surface area (Å²) in [6.45, 7) is 2.30. The van der Waals surface area contributed by atoms with Crippen LogP contribution >= 0.6 is 0 Å². The highest BCUT2D eigenvalue weighted by molar-refractivity contribution is 5.97. The van der Waals surface area contributed by atoms with Gasteiger partial charge in [0.05, 0.1) is 0 Å². The fourth-order valence-electron chi connectivity index (χ4n) is 2.89. The molecule has 1 aromatic heterocycles. The Morgan fingerprint density at radius 3 is 2.13 bits per heavy atom. The fourth-order valence-corrected chi connectivity index (χ4v) is 2.89. The van der Waals surface area contributed by atoms with Crippen LogP contribution in [-0.2, 0) is 6.54 Å². The number of aryl methyl sites for hydroxylation is 1. The Hall–Kier alpha value is -3.87. The van der Waals surface area contributed by atoms with Crippen LogP contribution in [0.2, 0.25) is 0 Å². The fraction of sp³-hybridized carbons (Fsp3) is 0.0870. The van der Waals surface area contributed by atoms with Gasteiger partial charge in [0.2, 0.25) is 5.95 Å². The summed E-state index contributed by atoms with van der Waals surface area (Å²) in [5.41, 5.74) is 2.95. The lowest BCUT2D eigenvalue weighted by atomic mass is 10.1. The summed E-state index contributed by atoms with van der Waals surface area (Å²) in [5, 5.41) is 7.46. The number of rotatable bonds is 5. The third kappa shape index (κ3) is 4.25. The summed E-state index contributed by atoms with van der Waals surface area (Å²) >= 11 is 0. The smallest absolute Gasteiger partial charge is 0.281 e. The Morgan fingerprint density at radius 2 is 1.50 bits per heavy atom. The van der Waals surface area contributed by atoms with Crippen molar-refractivity contribution in [3.63, 3.8) is 0 Å². The largest absolute Gasteiger partial charge is 0.350 e. The molecule has 0 bridgehead atoms. The molecular formula is C23H18F2N4O. The van der Waals surface area contributed by atoms with Gasteiger partial charge in [0.1, 0.15) is 11.6 Å². The van der Waals surface area contributed by atoms with Crippen LogP contribution in [0.4, 0.5) is 14.7 Å². The SMILES string of the molecule is Cc1ccc(-c2nc(NCc3ccc(F)cc3)n(C(=O)c3ccc(F)cc3)n2)cc1. The second-order valence-electron chi connectivity index (χ2n) is 6.83. The molecule has 4 rings (SSSR count). The van der Waals surface area contributed by atoms with Crippen molar-refractivity contribution in [3.8, 4) is 11.4 Å². The first kappa shape index (κ1) is 19.4. The van der Waals surface area contributed by atoms with Gasteiger partial charge in [-0.1, -0.05) is 42.0 Å². The summed E-state index contributed by atoms with van der Waals surface area (Å²) in [7, 11) is 0. The number of nitrogens with one attached hydrogen (secondary N) is 1. The topological polar surface area (TPSA) is 59.8 Å². The predicted octanol–water partition coefficient (Wildman–Crippen LogP) is 4.83. The quantitative estimate of drug-likeness (QED) is 0.518. The highest BCUT2D eigenvalue weighted by atomic mass is 19.1. The van der Waals surface area contributed by atoms with Crippen molar-refractivity contribution in [1.29, 1.82) is 0 Å². The van der Waals surface area contributed by atoms with Crippen LogP contribution in [-0.4, -0.2) is 20.7 Å². The molecule has 0 aliphatic heterocycles. The van der Waals surface area contributed by atoms with E-state index in [4.69, 9.17) is 0 Å².